The van der Waals surface area contributed by atoms with Gasteiger partial charge in [-0.25, -0.2) is 0 Å². The first-order valence-corrected chi connectivity index (χ1v) is 10.8. The molecule has 2 heteroatoms. The molecule has 0 aliphatic carbocycles. The lowest BCUT2D eigenvalue weighted by Crippen LogP contribution is -2.61. The van der Waals surface area contributed by atoms with Gasteiger partial charge < -0.3 is 4.57 Å². The highest BCUT2D eigenvalue weighted by Crippen LogP contribution is 2.52. The van der Waals surface area contributed by atoms with E-state index in [2.05, 4.69) is 90.5 Å². The Balaban J connectivity index is 2.99. The summed E-state index contributed by atoms with van der Waals surface area (Å²) in [6.45, 7) is 22.1. The fourth-order valence-electron chi connectivity index (χ4n) is 3.74. The van der Waals surface area contributed by atoms with Gasteiger partial charge in [0.25, 0.3) is 0 Å². The van der Waals surface area contributed by atoms with Gasteiger partial charge in [0, 0.05) is 0 Å². The van der Waals surface area contributed by atoms with Crippen LogP contribution in [0.4, 0.5) is 0 Å². The third-order valence-corrected chi connectivity index (χ3v) is 13.3. The number of rotatable bonds is 5. The predicted molar refractivity (Wildman–Crippen MR) is 104 cm³/mol. The molecule has 0 aromatic heterocycles. The van der Waals surface area contributed by atoms with Crippen molar-refractivity contribution in [2.45, 2.75) is 64.6 Å². The second-order valence-corrected chi connectivity index (χ2v) is 14.6. The van der Waals surface area contributed by atoms with E-state index in [1.165, 1.54) is 11.1 Å². The second-order valence-electron chi connectivity index (χ2n) is 8.65. The lowest BCUT2D eigenvalue weighted by atomic mass is 10.0. The number of benzene rings is 1. The van der Waals surface area contributed by atoms with Gasteiger partial charge >= 0.3 is 0 Å². The summed E-state index contributed by atoms with van der Waals surface area (Å²) in [5.41, 5.74) is 2.68. The van der Waals surface area contributed by atoms with Gasteiger partial charge in [-0.05, 0) is 41.2 Å². The Morgan fingerprint density at radius 1 is 1.05 bits per heavy atom. The van der Waals surface area contributed by atoms with Crippen LogP contribution in [0, 0.1) is 0 Å². The van der Waals surface area contributed by atoms with Crippen LogP contribution >= 0.6 is 0 Å². The Morgan fingerprint density at radius 3 is 2.00 bits per heavy atom. The first kappa shape index (κ1) is 19.2. The fourth-order valence-corrected chi connectivity index (χ4v) is 8.84. The first-order chi connectivity index (χ1) is 9.95. The predicted octanol–water partition coefficient (Wildman–Crippen LogP) is 5.98. The van der Waals surface area contributed by atoms with Crippen molar-refractivity contribution in [2.75, 3.05) is 13.6 Å². The molecule has 0 heterocycles. The van der Waals surface area contributed by atoms with E-state index >= 15 is 0 Å². The van der Waals surface area contributed by atoms with Crippen LogP contribution in [0.15, 0.2) is 30.8 Å². The maximum atomic E-state index is 3.94. The highest BCUT2D eigenvalue weighted by Gasteiger charge is 2.51. The second kappa shape index (κ2) is 6.72. The highest BCUT2D eigenvalue weighted by atomic mass is 28.3. The molecular formula is C20H35NSi. The number of nitrogens with zero attached hydrogens (tertiary/aromatic N) is 1. The van der Waals surface area contributed by atoms with Crippen molar-refractivity contribution >= 4 is 14.3 Å². The summed E-state index contributed by atoms with van der Waals surface area (Å²) in [6.07, 6.45) is 3.06. The maximum absolute atomic E-state index is 3.94. The zero-order chi connectivity index (χ0) is 17.2. The molecule has 0 aliphatic rings. The summed E-state index contributed by atoms with van der Waals surface area (Å²) in [7, 11) is 0.703. The molecule has 0 amide bonds. The Kier molecular flexibility index (Phi) is 5.86. The third kappa shape index (κ3) is 3.72. The van der Waals surface area contributed by atoms with E-state index < -0.39 is 8.24 Å². The van der Waals surface area contributed by atoms with Crippen molar-refractivity contribution in [1.29, 1.82) is 0 Å². The monoisotopic (exact) mass is 317 g/mol. The molecule has 124 valence electrons. The van der Waals surface area contributed by atoms with Crippen molar-refractivity contribution in [3.05, 3.63) is 42.0 Å². The summed E-state index contributed by atoms with van der Waals surface area (Å²) in [4.78, 5) is 0. The smallest absolute Gasteiger partial charge is 0.135 e. The van der Waals surface area contributed by atoms with Gasteiger partial charge in [-0.1, -0.05) is 85.0 Å². The van der Waals surface area contributed by atoms with Crippen molar-refractivity contribution in [1.82, 2.24) is 4.57 Å². The first-order valence-electron chi connectivity index (χ1n) is 8.36. The molecule has 0 bridgehead atoms. The number of likely N-dealkylation sites (N-methyl/N-ethyl adjacent to an activating group) is 1. The Bertz CT molecular complexity index is 491. The molecule has 22 heavy (non-hydrogen) atoms. The Hall–Kier alpha value is -0.863. The largest absolute Gasteiger partial charge is 0.325 e. The van der Waals surface area contributed by atoms with Crippen LogP contribution in [0.3, 0.4) is 0 Å². The van der Waals surface area contributed by atoms with Crippen LogP contribution in [0.5, 0.6) is 0 Å². The lowest BCUT2D eigenvalue weighted by molar-refractivity contribution is 0.426. The SMILES string of the molecule is C=Cc1ccccc1CCN(C)[Si](C)(C(C)(C)C)C(C)(C)C. The van der Waals surface area contributed by atoms with Crippen LogP contribution in [0.1, 0.15) is 52.7 Å². The zero-order valence-electron chi connectivity index (χ0n) is 16.0. The van der Waals surface area contributed by atoms with Crippen molar-refractivity contribution in [2.24, 2.45) is 0 Å². The van der Waals surface area contributed by atoms with E-state index in [1.807, 2.05) is 6.08 Å². The van der Waals surface area contributed by atoms with E-state index in [-0.39, 0.29) is 0 Å². The van der Waals surface area contributed by atoms with Gasteiger partial charge in [0.2, 0.25) is 0 Å². The normalized spacial score (nSPS) is 13.5. The topological polar surface area (TPSA) is 3.24 Å². The molecule has 0 radical (unpaired) electrons. The van der Waals surface area contributed by atoms with Crippen LogP contribution in [-0.2, 0) is 6.42 Å². The molecule has 1 aromatic carbocycles. The van der Waals surface area contributed by atoms with Crippen LogP contribution < -0.4 is 0 Å². The standard InChI is InChI=1S/C20H35NSi/c1-10-17-13-11-12-14-18(17)15-16-21(8)22(9,19(2,3)4)20(5,6)7/h10-14H,1,15-16H2,2-9H3. The maximum Gasteiger partial charge on any atom is 0.135 e. The van der Waals surface area contributed by atoms with Gasteiger partial charge in [0.1, 0.15) is 8.24 Å². The fraction of sp³-hybridized carbons (Fsp3) is 0.600. The molecule has 0 atom stereocenters. The van der Waals surface area contributed by atoms with E-state index in [9.17, 15) is 0 Å². The molecule has 0 saturated carbocycles. The Morgan fingerprint density at radius 2 is 1.55 bits per heavy atom. The van der Waals surface area contributed by atoms with Gasteiger partial charge in [-0.15, -0.1) is 0 Å². The van der Waals surface area contributed by atoms with Crippen molar-refractivity contribution < 1.29 is 0 Å². The van der Waals surface area contributed by atoms with Crippen LogP contribution in [0.2, 0.25) is 16.6 Å². The minimum absolute atomic E-state index is 0.345. The van der Waals surface area contributed by atoms with E-state index in [4.69, 9.17) is 0 Å². The van der Waals surface area contributed by atoms with E-state index in [1.54, 1.807) is 0 Å². The molecule has 0 unspecified atom stereocenters. The zero-order valence-corrected chi connectivity index (χ0v) is 17.0. The molecule has 0 aliphatic heterocycles. The molecule has 1 nitrogen and oxygen atoms in total. The van der Waals surface area contributed by atoms with E-state index in [0.717, 1.165) is 13.0 Å². The molecule has 1 aromatic rings. The van der Waals surface area contributed by atoms with Gasteiger partial charge in [0.05, 0.1) is 0 Å². The van der Waals surface area contributed by atoms with Gasteiger partial charge in [-0.2, -0.15) is 0 Å². The Labute approximate surface area is 139 Å². The molecular weight excluding hydrogens is 282 g/mol. The molecule has 0 fully saturated rings. The van der Waals surface area contributed by atoms with Gasteiger partial charge in [-0.3, -0.25) is 0 Å². The quantitative estimate of drug-likeness (QED) is 0.604. The van der Waals surface area contributed by atoms with Crippen LogP contribution in [0.25, 0.3) is 6.08 Å². The summed E-state index contributed by atoms with van der Waals surface area (Å²) in [5.74, 6) is 0. The van der Waals surface area contributed by atoms with Crippen LogP contribution in [-0.4, -0.2) is 26.4 Å². The minimum Gasteiger partial charge on any atom is -0.325 e. The average molecular weight is 318 g/mol. The summed E-state index contributed by atoms with van der Waals surface area (Å²) in [5, 5.41) is 0.690. The summed E-state index contributed by atoms with van der Waals surface area (Å²) in [6, 6.07) is 8.62. The number of hydrogen-bond donors (Lipinski definition) is 0. The van der Waals surface area contributed by atoms with Crippen molar-refractivity contribution in [3.8, 4) is 0 Å². The van der Waals surface area contributed by atoms with E-state index in [0.29, 0.717) is 10.1 Å². The molecule has 0 N–H and O–H groups in total. The van der Waals surface area contributed by atoms with Gasteiger partial charge in [0.15, 0.2) is 0 Å². The minimum atomic E-state index is -1.63. The third-order valence-electron chi connectivity index (χ3n) is 5.68. The molecule has 1 rings (SSSR count). The number of hydrogen-bond acceptors (Lipinski definition) is 1. The average Bonchev–Trinajstić information content (AvgIpc) is 2.41. The highest BCUT2D eigenvalue weighted by molar-refractivity contribution is 6.81. The van der Waals surface area contributed by atoms with Crippen molar-refractivity contribution in [3.63, 3.8) is 0 Å². The molecule has 0 spiro atoms. The lowest BCUT2D eigenvalue weighted by Gasteiger charge is -2.54. The molecule has 0 saturated heterocycles. The summed E-state index contributed by atoms with van der Waals surface area (Å²) < 4.78 is 2.69. The summed E-state index contributed by atoms with van der Waals surface area (Å²) >= 11 is 0.